The molecular weight excluding hydrogens is 328 g/mol. The largest absolute Gasteiger partial charge is 0.338 e. The first-order valence-electron chi connectivity index (χ1n) is 9.81. The minimum Gasteiger partial charge on any atom is -0.338 e. The summed E-state index contributed by atoms with van der Waals surface area (Å²) in [6.45, 7) is 7.34. The Bertz CT molecular complexity index is 672. The molecule has 1 aromatic rings. The lowest BCUT2D eigenvalue weighted by atomic mass is 10.1. The lowest BCUT2D eigenvalue weighted by Crippen LogP contribution is -2.49. The molecule has 0 spiro atoms. The predicted molar refractivity (Wildman–Crippen MR) is 99.8 cm³/mol. The van der Waals surface area contributed by atoms with Gasteiger partial charge in [0.15, 0.2) is 0 Å². The Morgan fingerprint density at radius 1 is 1.15 bits per heavy atom. The average molecular weight is 356 g/mol. The van der Waals surface area contributed by atoms with Gasteiger partial charge in [0.1, 0.15) is 0 Å². The van der Waals surface area contributed by atoms with E-state index in [0.29, 0.717) is 19.0 Å². The highest BCUT2D eigenvalue weighted by Crippen LogP contribution is 2.20. The highest BCUT2D eigenvalue weighted by molar-refractivity contribution is 5.94. The second kappa shape index (κ2) is 7.76. The summed E-state index contributed by atoms with van der Waals surface area (Å²) in [5, 5.41) is 3.39. The molecule has 4 rings (SSSR count). The van der Waals surface area contributed by atoms with E-state index in [9.17, 15) is 9.59 Å². The molecule has 140 valence electrons. The number of carbonyl (C=O) groups excluding carboxylic acids is 2. The number of nitrogens with zero attached hydrogens (tertiary/aromatic N) is 3. The molecule has 1 atom stereocenters. The number of piperazine rings is 1. The van der Waals surface area contributed by atoms with Crippen molar-refractivity contribution in [1.82, 2.24) is 20.0 Å². The van der Waals surface area contributed by atoms with Gasteiger partial charge in [-0.15, -0.1) is 0 Å². The van der Waals surface area contributed by atoms with Crippen LogP contribution in [-0.2, 0) is 11.3 Å². The van der Waals surface area contributed by atoms with Crippen LogP contribution in [0, 0.1) is 0 Å². The average Bonchev–Trinajstić information content (AvgIpc) is 3.32. The van der Waals surface area contributed by atoms with Crippen molar-refractivity contribution >= 4 is 11.8 Å². The molecule has 0 aromatic heterocycles. The SMILES string of the molecule is O=C1CCCN1Cc1cccc(C(=O)N2CCC(N3CCNCC3)C2)c1. The van der Waals surface area contributed by atoms with E-state index in [2.05, 4.69) is 10.2 Å². The standard InChI is InChI=1S/C20H28N4O2/c25-19-5-2-9-23(19)14-16-3-1-4-17(13-16)20(26)24-10-6-18(15-24)22-11-7-21-8-12-22/h1,3-4,13,18,21H,2,5-12,14-15H2. The molecule has 0 saturated carbocycles. The molecule has 1 unspecified atom stereocenters. The summed E-state index contributed by atoms with van der Waals surface area (Å²) in [5.74, 6) is 0.345. The van der Waals surface area contributed by atoms with Crippen molar-refractivity contribution < 1.29 is 9.59 Å². The number of rotatable bonds is 4. The number of carbonyl (C=O) groups is 2. The lowest BCUT2D eigenvalue weighted by Gasteiger charge is -2.32. The fourth-order valence-corrected chi connectivity index (χ4v) is 4.35. The van der Waals surface area contributed by atoms with Gasteiger partial charge in [-0.2, -0.15) is 0 Å². The molecule has 1 aromatic carbocycles. The van der Waals surface area contributed by atoms with Crippen molar-refractivity contribution in [2.75, 3.05) is 45.8 Å². The Morgan fingerprint density at radius 3 is 2.77 bits per heavy atom. The first kappa shape index (κ1) is 17.5. The summed E-state index contributed by atoms with van der Waals surface area (Å²) in [6, 6.07) is 8.30. The maximum Gasteiger partial charge on any atom is 0.253 e. The van der Waals surface area contributed by atoms with Gasteiger partial charge in [-0.25, -0.2) is 0 Å². The third kappa shape index (κ3) is 3.76. The van der Waals surface area contributed by atoms with Crippen LogP contribution in [0.4, 0.5) is 0 Å². The number of likely N-dealkylation sites (tertiary alicyclic amines) is 2. The molecule has 0 aliphatic carbocycles. The Balaban J connectivity index is 1.38. The van der Waals surface area contributed by atoms with Crippen molar-refractivity contribution in [3.05, 3.63) is 35.4 Å². The molecule has 0 bridgehead atoms. The summed E-state index contributed by atoms with van der Waals surface area (Å²) in [4.78, 5) is 31.2. The highest BCUT2D eigenvalue weighted by Gasteiger charge is 2.31. The first-order valence-corrected chi connectivity index (χ1v) is 9.81. The predicted octanol–water partition coefficient (Wildman–Crippen LogP) is 0.929. The van der Waals surface area contributed by atoms with Crippen molar-refractivity contribution in [2.45, 2.75) is 31.8 Å². The molecule has 6 nitrogen and oxygen atoms in total. The minimum absolute atomic E-state index is 0.122. The van der Waals surface area contributed by atoms with Gasteiger partial charge in [-0.05, 0) is 30.5 Å². The van der Waals surface area contributed by atoms with Gasteiger partial charge >= 0.3 is 0 Å². The fraction of sp³-hybridized carbons (Fsp3) is 0.600. The lowest BCUT2D eigenvalue weighted by molar-refractivity contribution is -0.128. The fourth-order valence-electron chi connectivity index (χ4n) is 4.35. The van der Waals surface area contributed by atoms with Crippen LogP contribution < -0.4 is 5.32 Å². The zero-order valence-electron chi connectivity index (χ0n) is 15.3. The third-order valence-electron chi connectivity index (χ3n) is 5.84. The zero-order valence-corrected chi connectivity index (χ0v) is 15.3. The number of hydrogen-bond acceptors (Lipinski definition) is 4. The molecule has 0 radical (unpaired) electrons. The second-order valence-electron chi connectivity index (χ2n) is 7.60. The Hall–Kier alpha value is -1.92. The Kier molecular flexibility index (Phi) is 5.22. The van der Waals surface area contributed by atoms with Crippen molar-refractivity contribution in [3.8, 4) is 0 Å². The smallest absolute Gasteiger partial charge is 0.253 e. The van der Waals surface area contributed by atoms with Gasteiger partial charge in [0.25, 0.3) is 5.91 Å². The summed E-state index contributed by atoms with van der Waals surface area (Å²) >= 11 is 0. The van der Waals surface area contributed by atoms with Crippen LogP contribution in [0.1, 0.15) is 35.2 Å². The number of benzene rings is 1. The maximum absolute atomic E-state index is 12.9. The molecule has 3 fully saturated rings. The minimum atomic E-state index is 0.122. The van der Waals surface area contributed by atoms with Crippen molar-refractivity contribution in [3.63, 3.8) is 0 Å². The Morgan fingerprint density at radius 2 is 2.00 bits per heavy atom. The van der Waals surface area contributed by atoms with Crippen LogP contribution in [0.2, 0.25) is 0 Å². The second-order valence-corrected chi connectivity index (χ2v) is 7.60. The summed E-state index contributed by atoms with van der Waals surface area (Å²) in [7, 11) is 0. The molecule has 3 heterocycles. The van der Waals surface area contributed by atoms with E-state index in [-0.39, 0.29) is 11.8 Å². The van der Waals surface area contributed by atoms with Crippen LogP contribution in [0.25, 0.3) is 0 Å². The van der Waals surface area contributed by atoms with Gasteiger partial charge in [0.2, 0.25) is 5.91 Å². The van der Waals surface area contributed by atoms with Crippen molar-refractivity contribution in [1.29, 1.82) is 0 Å². The van der Waals surface area contributed by atoms with E-state index in [1.165, 1.54) is 0 Å². The normalized spacial score (nSPS) is 24.5. The topological polar surface area (TPSA) is 55.9 Å². The number of nitrogens with one attached hydrogen (secondary N) is 1. The summed E-state index contributed by atoms with van der Waals surface area (Å²) < 4.78 is 0. The first-order chi connectivity index (χ1) is 12.7. The number of amides is 2. The molecule has 6 heteroatoms. The Labute approximate surface area is 155 Å². The molecule has 3 saturated heterocycles. The number of hydrogen-bond donors (Lipinski definition) is 1. The van der Waals surface area contributed by atoms with Gasteiger partial charge in [-0.3, -0.25) is 14.5 Å². The van der Waals surface area contributed by atoms with Crippen LogP contribution in [0.3, 0.4) is 0 Å². The van der Waals surface area contributed by atoms with E-state index in [0.717, 1.165) is 69.8 Å². The van der Waals surface area contributed by atoms with Crippen LogP contribution in [0.5, 0.6) is 0 Å². The molecule has 2 amide bonds. The van der Waals surface area contributed by atoms with E-state index in [1.807, 2.05) is 34.1 Å². The summed E-state index contributed by atoms with van der Waals surface area (Å²) in [6.07, 6.45) is 2.66. The van der Waals surface area contributed by atoms with Gasteiger partial charge in [-0.1, -0.05) is 12.1 Å². The van der Waals surface area contributed by atoms with Crippen LogP contribution >= 0.6 is 0 Å². The molecule has 3 aliphatic rings. The van der Waals surface area contributed by atoms with E-state index in [1.54, 1.807) is 0 Å². The van der Waals surface area contributed by atoms with E-state index in [4.69, 9.17) is 0 Å². The van der Waals surface area contributed by atoms with Crippen LogP contribution in [-0.4, -0.2) is 78.4 Å². The highest BCUT2D eigenvalue weighted by atomic mass is 16.2. The summed E-state index contributed by atoms with van der Waals surface area (Å²) in [5.41, 5.74) is 1.79. The quantitative estimate of drug-likeness (QED) is 0.872. The zero-order chi connectivity index (χ0) is 17.9. The molecule has 1 N–H and O–H groups in total. The molecule has 3 aliphatic heterocycles. The van der Waals surface area contributed by atoms with E-state index >= 15 is 0 Å². The third-order valence-corrected chi connectivity index (χ3v) is 5.84. The molecular formula is C20H28N4O2. The van der Waals surface area contributed by atoms with Gasteiger partial charge in [0.05, 0.1) is 0 Å². The monoisotopic (exact) mass is 356 g/mol. The van der Waals surface area contributed by atoms with Crippen LogP contribution in [0.15, 0.2) is 24.3 Å². The van der Waals surface area contributed by atoms with Gasteiger partial charge in [0, 0.05) is 70.4 Å². The maximum atomic E-state index is 12.9. The molecule has 26 heavy (non-hydrogen) atoms. The van der Waals surface area contributed by atoms with Gasteiger partial charge < -0.3 is 15.1 Å². The van der Waals surface area contributed by atoms with E-state index < -0.39 is 0 Å². The van der Waals surface area contributed by atoms with Crippen molar-refractivity contribution in [2.24, 2.45) is 0 Å².